The number of alkyl halides is 1. The van der Waals surface area contributed by atoms with Crippen LogP contribution in [0.4, 0.5) is 4.39 Å². The number of primary amides is 1. The van der Waals surface area contributed by atoms with Crippen molar-refractivity contribution < 1.29 is 23.5 Å². The van der Waals surface area contributed by atoms with Crippen LogP contribution in [-0.2, 0) is 22.6 Å². The number of carbonyl (C=O) groups excluding carboxylic acids is 2. The van der Waals surface area contributed by atoms with Gasteiger partial charge in [-0.1, -0.05) is 30.3 Å². The van der Waals surface area contributed by atoms with E-state index in [1.165, 1.54) is 6.26 Å². The van der Waals surface area contributed by atoms with Crippen LogP contribution in [0.25, 0.3) is 0 Å². The lowest BCUT2D eigenvalue weighted by atomic mass is 9.88. The quantitative estimate of drug-likeness (QED) is 0.507. The van der Waals surface area contributed by atoms with E-state index in [0.717, 1.165) is 12.5 Å². The molecule has 7 heteroatoms. The molecule has 0 aliphatic heterocycles. The van der Waals surface area contributed by atoms with Crippen LogP contribution in [0.5, 0.6) is 0 Å². The SMILES string of the molecule is CC(F)(CC[C@H](C[C@@H](O)[CH]Cc1ccccc1)C(=O)NCc1ccco1)C(N)=O. The van der Waals surface area contributed by atoms with Gasteiger partial charge in [-0.15, -0.1) is 0 Å². The molecule has 29 heavy (non-hydrogen) atoms. The van der Waals surface area contributed by atoms with Crippen molar-refractivity contribution in [1.82, 2.24) is 5.32 Å². The van der Waals surface area contributed by atoms with Crippen LogP contribution >= 0.6 is 0 Å². The predicted octanol–water partition coefficient (Wildman–Crippen LogP) is 2.70. The fourth-order valence-corrected chi connectivity index (χ4v) is 2.93. The van der Waals surface area contributed by atoms with E-state index < -0.39 is 23.6 Å². The predicted molar refractivity (Wildman–Crippen MR) is 107 cm³/mol. The Morgan fingerprint density at radius 1 is 1.28 bits per heavy atom. The summed E-state index contributed by atoms with van der Waals surface area (Å²) in [7, 11) is 0. The van der Waals surface area contributed by atoms with E-state index in [0.29, 0.717) is 12.2 Å². The van der Waals surface area contributed by atoms with Crippen molar-refractivity contribution in [2.75, 3.05) is 0 Å². The van der Waals surface area contributed by atoms with Crippen molar-refractivity contribution in [3.05, 3.63) is 66.5 Å². The van der Waals surface area contributed by atoms with E-state index in [-0.39, 0.29) is 31.7 Å². The van der Waals surface area contributed by atoms with Crippen molar-refractivity contribution >= 4 is 11.8 Å². The molecule has 1 heterocycles. The van der Waals surface area contributed by atoms with Crippen molar-refractivity contribution in [2.24, 2.45) is 11.7 Å². The van der Waals surface area contributed by atoms with Gasteiger partial charge in [0, 0.05) is 5.92 Å². The zero-order chi connectivity index (χ0) is 21.3. The number of carbonyl (C=O) groups is 2. The summed E-state index contributed by atoms with van der Waals surface area (Å²) in [4.78, 5) is 23.9. The lowest BCUT2D eigenvalue weighted by Crippen LogP contribution is -2.39. The maximum atomic E-state index is 14.3. The Balaban J connectivity index is 1.94. The first-order chi connectivity index (χ1) is 13.8. The second-order valence-electron chi connectivity index (χ2n) is 7.32. The number of aliphatic hydroxyl groups is 1. The molecule has 2 rings (SSSR count). The van der Waals surface area contributed by atoms with Gasteiger partial charge in [0.25, 0.3) is 5.91 Å². The molecule has 6 nitrogen and oxygen atoms in total. The van der Waals surface area contributed by atoms with Crippen LogP contribution in [-0.4, -0.2) is 28.7 Å². The van der Waals surface area contributed by atoms with Crippen LogP contribution in [0, 0.1) is 12.3 Å². The topological polar surface area (TPSA) is 106 Å². The standard InChI is InChI=1S/C22H28FN2O4/c1-22(23,21(24)28)12-11-17(20(27)25-15-19-8-5-13-29-19)14-18(26)10-9-16-6-3-2-4-7-16/h2-8,10,13,17-18,26H,9,11-12,14-15H2,1H3,(H2,24,28)(H,25,27)/t17-,18+,22?/m1/s1. The lowest BCUT2D eigenvalue weighted by Gasteiger charge is -2.23. The van der Waals surface area contributed by atoms with Crippen molar-refractivity contribution in [3.63, 3.8) is 0 Å². The van der Waals surface area contributed by atoms with Gasteiger partial charge in [-0.2, -0.15) is 0 Å². The Morgan fingerprint density at radius 2 is 2.00 bits per heavy atom. The van der Waals surface area contributed by atoms with Gasteiger partial charge < -0.3 is 20.6 Å². The van der Waals surface area contributed by atoms with Gasteiger partial charge in [-0.05, 0) is 56.7 Å². The highest BCUT2D eigenvalue weighted by atomic mass is 19.1. The lowest BCUT2D eigenvalue weighted by molar-refractivity contribution is -0.131. The largest absolute Gasteiger partial charge is 0.467 e. The third-order valence-corrected chi connectivity index (χ3v) is 4.86. The van der Waals surface area contributed by atoms with Gasteiger partial charge in [0.05, 0.1) is 18.9 Å². The Labute approximate surface area is 170 Å². The summed E-state index contributed by atoms with van der Waals surface area (Å²) in [6, 6.07) is 13.0. The van der Waals surface area contributed by atoms with E-state index in [1.807, 2.05) is 30.3 Å². The number of nitrogens with two attached hydrogens (primary N) is 1. The smallest absolute Gasteiger partial charge is 0.254 e. The zero-order valence-electron chi connectivity index (χ0n) is 16.5. The molecule has 1 aromatic carbocycles. The molecule has 0 fully saturated rings. The molecule has 0 bridgehead atoms. The molecule has 1 aromatic heterocycles. The molecule has 2 aromatic rings. The molecule has 0 saturated carbocycles. The third-order valence-electron chi connectivity index (χ3n) is 4.86. The number of hydrogen-bond acceptors (Lipinski definition) is 4. The minimum absolute atomic E-state index is 0.0795. The summed E-state index contributed by atoms with van der Waals surface area (Å²) in [5, 5.41) is 13.1. The summed E-state index contributed by atoms with van der Waals surface area (Å²) >= 11 is 0. The summed E-state index contributed by atoms with van der Waals surface area (Å²) in [5.74, 6) is -1.50. The highest BCUT2D eigenvalue weighted by Gasteiger charge is 2.33. The molecular formula is C22H28FN2O4. The van der Waals surface area contributed by atoms with E-state index >= 15 is 0 Å². The monoisotopic (exact) mass is 403 g/mol. The fourth-order valence-electron chi connectivity index (χ4n) is 2.93. The number of furan rings is 1. The summed E-state index contributed by atoms with van der Waals surface area (Å²) in [6.45, 7) is 1.29. The number of aliphatic hydroxyl groups excluding tert-OH is 1. The molecule has 1 radical (unpaired) electrons. The van der Waals surface area contributed by atoms with Gasteiger partial charge >= 0.3 is 0 Å². The molecule has 2 amide bonds. The van der Waals surface area contributed by atoms with Crippen LogP contribution in [0.2, 0.25) is 0 Å². The van der Waals surface area contributed by atoms with E-state index in [9.17, 15) is 19.1 Å². The van der Waals surface area contributed by atoms with E-state index in [2.05, 4.69) is 5.32 Å². The molecule has 0 aliphatic carbocycles. The van der Waals surface area contributed by atoms with Crippen molar-refractivity contribution in [2.45, 2.75) is 50.9 Å². The van der Waals surface area contributed by atoms with E-state index in [4.69, 9.17) is 10.2 Å². The second kappa shape index (κ2) is 10.8. The van der Waals surface area contributed by atoms with Crippen LogP contribution < -0.4 is 11.1 Å². The molecule has 3 atom stereocenters. The number of amides is 2. The maximum Gasteiger partial charge on any atom is 0.254 e. The first-order valence-electron chi connectivity index (χ1n) is 9.62. The first-order valence-corrected chi connectivity index (χ1v) is 9.62. The molecule has 0 spiro atoms. The first kappa shape index (κ1) is 22.6. The minimum Gasteiger partial charge on any atom is -0.467 e. The number of hydrogen-bond donors (Lipinski definition) is 3. The van der Waals surface area contributed by atoms with Crippen LogP contribution in [0.1, 0.15) is 37.5 Å². The van der Waals surface area contributed by atoms with Gasteiger partial charge in [-0.3, -0.25) is 9.59 Å². The summed E-state index contributed by atoms with van der Waals surface area (Å²) < 4.78 is 19.4. The number of nitrogens with one attached hydrogen (secondary N) is 1. The van der Waals surface area contributed by atoms with E-state index in [1.54, 1.807) is 18.6 Å². The second-order valence-corrected chi connectivity index (χ2v) is 7.32. The highest BCUT2D eigenvalue weighted by Crippen LogP contribution is 2.24. The Bertz CT molecular complexity index is 762. The average molecular weight is 403 g/mol. The average Bonchev–Trinajstić information content (AvgIpc) is 3.22. The van der Waals surface area contributed by atoms with Gasteiger partial charge in [0.2, 0.25) is 5.91 Å². The molecule has 4 N–H and O–H groups in total. The Kier molecular flexibility index (Phi) is 8.39. The molecule has 1 unspecified atom stereocenters. The fraction of sp³-hybridized carbons (Fsp3) is 0.409. The Hall–Kier alpha value is -2.67. The summed E-state index contributed by atoms with van der Waals surface area (Å²) in [6.07, 6.45) is 2.90. The maximum absolute atomic E-state index is 14.3. The molecule has 157 valence electrons. The number of benzene rings is 1. The molecule has 0 saturated heterocycles. The normalized spacial score (nSPS) is 15.3. The van der Waals surface area contributed by atoms with Crippen molar-refractivity contribution in [1.29, 1.82) is 0 Å². The Morgan fingerprint density at radius 3 is 2.62 bits per heavy atom. The zero-order valence-corrected chi connectivity index (χ0v) is 16.5. The molecular weight excluding hydrogens is 375 g/mol. The van der Waals surface area contributed by atoms with Gasteiger partial charge in [0.15, 0.2) is 5.67 Å². The van der Waals surface area contributed by atoms with Crippen LogP contribution in [0.3, 0.4) is 0 Å². The van der Waals surface area contributed by atoms with Crippen LogP contribution in [0.15, 0.2) is 53.1 Å². The summed E-state index contributed by atoms with van der Waals surface area (Å²) in [5.41, 5.74) is 3.91. The van der Waals surface area contributed by atoms with Gasteiger partial charge in [-0.25, -0.2) is 4.39 Å². The number of rotatable bonds is 12. The number of halogens is 1. The highest BCUT2D eigenvalue weighted by molar-refractivity contribution is 5.83. The van der Waals surface area contributed by atoms with Crippen molar-refractivity contribution in [3.8, 4) is 0 Å². The van der Waals surface area contributed by atoms with Gasteiger partial charge in [0.1, 0.15) is 5.76 Å². The molecule has 0 aliphatic rings. The minimum atomic E-state index is -2.21. The third kappa shape index (κ3) is 7.69.